The molecule has 5 nitrogen and oxygen atoms in total. The molecule has 0 spiro atoms. The van der Waals surface area contributed by atoms with Crippen molar-refractivity contribution in [1.29, 1.82) is 0 Å². The number of aromatic nitrogens is 3. The molecule has 6 heteroatoms. The summed E-state index contributed by atoms with van der Waals surface area (Å²) in [6, 6.07) is 7.15. The highest BCUT2D eigenvalue weighted by Crippen LogP contribution is 2.21. The monoisotopic (exact) mass is 248 g/mol. The third-order valence-corrected chi connectivity index (χ3v) is 2.89. The second-order valence-electron chi connectivity index (χ2n) is 3.32. The highest BCUT2D eigenvalue weighted by atomic mass is 32.2. The van der Waals surface area contributed by atoms with Crippen LogP contribution in [0.15, 0.2) is 34.2 Å². The molecule has 1 aromatic carbocycles. The van der Waals surface area contributed by atoms with E-state index in [1.807, 2.05) is 19.1 Å². The minimum atomic E-state index is -0.330. The van der Waals surface area contributed by atoms with Crippen molar-refractivity contribution in [3.63, 3.8) is 0 Å². The Morgan fingerprint density at radius 2 is 2.18 bits per heavy atom. The second kappa shape index (κ2) is 5.01. The van der Waals surface area contributed by atoms with E-state index in [1.54, 1.807) is 12.1 Å². The SMILES string of the molecule is CCSc1n[nH]c(=O)c(-c2ccccc2N)n1. The van der Waals surface area contributed by atoms with Crippen LogP contribution >= 0.6 is 11.8 Å². The number of para-hydroxylation sites is 1. The molecule has 1 aromatic heterocycles. The zero-order chi connectivity index (χ0) is 12.3. The Hall–Kier alpha value is -1.82. The van der Waals surface area contributed by atoms with Crippen LogP contribution in [-0.2, 0) is 0 Å². The van der Waals surface area contributed by atoms with Gasteiger partial charge in [-0.1, -0.05) is 36.9 Å². The first-order chi connectivity index (χ1) is 8.22. The van der Waals surface area contributed by atoms with E-state index in [-0.39, 0.29) is 5.56 Å². The summed E-state index contributed by atoms with van der Waals surface area (Å²) in [7, 11) is 0. The molecule has 0 aliphatic heterocycles. The van der Waals surface area contributed by atoms with E-state index in [1.165, 1.54) is 11.8 Å². The number of rotatable bonds is 3. The van der Waals surface area contributed by atoms with Gasteiger partial charge in [0.15, 0.2) is 0 Å². The molecule has 0 radical (unpaired) electrons. The first-order valence-electron chi connectivity index (χ1n) is 5.16. The van der Waals surface area contributed by atoms with Crippen LogP contribution in [0.4, 0.5) is 5.69 Å². The number of nitrogens with two attached hydrogens (primary N) is 1. The minimum Gasteiger partial charge on any atom is -0.398 e. The van der Waals surface area contributed by atoms with Gasteiger partial charge in [0, 0.05) is 11.3 Å². The lowest BCUT2D eigenvalue weighted by Crippen LogP contribution is -2.14. The normalized spacial score (nSPS) is 10.4. The number of hydrogen-bond acceptors (Lipinski definition) is 5. The molecule has 2 aromatic rings. The van der Waals surface area contributed by atoms with Gasteiger partial charge in [0.2, 0.25) is 5.16 Å². The molecule has 0 aliphatic carbocycles. The molecular weight excluding hydrogens is 236 g/mol. The maximum absolute atomic E-state index is 11.7. The fraction of sp³-hybridized carbons (Fsp3) is 0.182. The topological polar surface area (TPSA) is 84.7 Å². The third kappa shape index (κ3) is 2.47. The Morgan fingerprint density at radius 3 is 2.88 bits per heavy atom. The van der Waals surface area contributed by atoms with Gasteiger partial charge in [-0.05, 0) is 11.8 Å². The predicted molar refractivity (Wildman–Crippen MR) is 68.9 cm³/mol. The number of benzene rings is 1. The van der Waals surface area contributed by atoms with Crippen LogP contribution in [0, 0.1) is 0 Å². The minimum absolute atomic E-state index is 0.314. The van der Waals surface area contributed by atoms with Crippen LogP contribution in [0.1, 0.15) is 6.92 Å². The zero-order valence-electron chi connectivity index (χ0n) is 9.30. The average molecular weight is 248 g/mol. The average Bonchev–Trinajstić information content (AvgIpc) is 2.33. The maximum atomic E-state index is 11.7. The molecule has 0 saturated heterocycles. The van der Waals surface area contributed by atoms with Gasteiger partial charge >= 0.3 is 0 Å². The number of nitrogens with zero attached hydrogens (tertiary/aromatic N) is 2. The van der Waals surface area contributed by atoms with Gasteiger partial charge in [0.05, 0.1) is 0 Å². The second-order valence-corrected chi connectivity index (χ2v) is 4.55. The summed E-state index contributed by atoms with van der Waals surface area (Å²) < 4.78 is 0. The van der Waals surface area contributed by atoms with Crippen LogP contribution in [-0.4, -0.2) is 20.9 Å². The highest BCUT2D eigenvalue weighted by Gasteiger charge is 2.10. The molecule has 0 atom stereocenters. The Balaban J connectivity index is 2.55. The van der Waals surface area contributed by atoms with E-state index < -0.39 is 0 Å². The standard InChI is InChI=1S/C11H12N4OS/c1-2-17-11-13-9(10(16)14-15-11)7-5-3-4-6-8(7)12/h3-6H,2,12H2,1H3,(H,14,16). The fourth-order valence-corrected chi connectivity index (χ4v) is 1.94. The third-order valence-electron chi connectivity index (χ3n) is 2.16. The lowest BCUT2D eigenvalue weighted by Gasteiger charge is -2.04. The molecule has 0 unspecified atom stereocenters. The molecule has 0 saturated carbocycles. The first kappa shape index (κ1) is 11.7. The zero-order valence-corrected chi connectivity index (χ0v) is 10.1. The number of aromatic amines is 1. The summed E-state index contributed by atoms with van der Waals surface area (Å²) in [5.41, 5.74) is 6.97. The van der Waals surface area contributed by atoms with Gasteiger partial charge in [-0.3, -0.25) is 4.79 Å². The molecule has 2 rings (SSSR count). The maximum Gasteiger partial charge on any atom is 0.290 e. The Labute approximate surface area is 102 Å². The van der Waals surface area contributed by atoms with Crippen molar-refractivity contribution in [2.24, 2.45) is 0 Å². The first-order valence-corrected chi connectivity index (χ1v) is 6.15. The van der Waals surface area contributed by atoms with E-state index in [0.29, 0.717) is 22.1 Å². The fourth-order valence-electron chi connectivity index (χ4n) is 1.41. The smallest absolute Gasteiger partial charge is 0.290 e. The largest absolute Gasteiger partial charge is 0.398 e. The van der Waals surface area contributed by atoms with Gasteiger partial charge < -0.3 is 5.73 Å². The number of H-pyrrole nitrogens is 1. The Morgan fingerprint density at radius 1 is 1.41 bits per heavy atom. The summed E-state index contributed by atoms with van der Waals surface area (Å²) in [5, 5.41) is 6.84. The summed E-state index contributed by atoms with van der Waals surface area (Å²) in [4.78, 5) is 15.9. The molecule has 17 heavy (non-hydrogen) atoms. The lowest BCUT2D eigenvalue weighted by atomic mass is 10.1. The van der Waals surface area contributed by atoms with E-state index in [2.05, 4.69) is 15.2 Å². The van der Waals surface area contributed by atoms with Crippen LogP contribution in [0.5, 0.6) is 0 Å². The van der Waals surface area contributed by atoms with Gasteiger partial charge in [-0.15, -0.1) is 5.10 Å². The van der Waals surface area contributed by atoms with E-state index in [4.69, 9.17) is 5.73 Å². The Kier molecular flexibility index (Phi) is 3.43. The van der Waals surface area contributed by atoms with Crippen molar-refractivity contribution in [3.8, 4) is 11.3 Å². The summed E-state index contributed by atoms with van der Waals surface area (Å²) >= 11 is 1.47. The van der Waals surface area contributed by atoms with Crippen LogP contribution in [0.3, 0.4) is 0 Å². The van der Waals surface area contributed by atoms with Crippen molar-refractivity contribution in [2.75, 3.05) is 11.5 Å². The Bertz CT molecular complexity index is 582. The number of hydrogen-bond donors (Lipinski definition) is 2. The summed E-state index contributed by atoms with van der Waals surface area (Å²) in [6.45, 7) is 2.00. The molecule has 0 fully saturated rings. The number of nitrogen functional groups attached to an aromatic ring is 1. The van der Waals surface area contributed by atoms with Gasteiger partial charge in [0.25, 0.3) is 5.56 Å². The van der Waals surface area contributed by atoms with Crippen LogP contribution in [0.2, 0.25) is 0 Å². The molecule has 0 bridgehead atoms. The van der Waals surface area contributed by atoms with Gasteiger partial charge in [-0.25, -0.2) is 10.1 Å². The number of anilines is 1. The van der Waals surface area contributed by atoms with E-state index >= 15 is 0 Å². The number of thioether (sulfide) groups is 1. The van der Waals surface area contributed by atoms with Crippen molar-refractivity contribution in [1.82, 2.24) is 15.2 Å². The molecule has 3 N–H and O–H groups in total. The highest BCUT2D eigenvalue weighted by molar-refractivity contribution is 7.99. The number of nitrogens with one attached hydrogen (secondary N) is 1. The van der Waals surface area contributed by atoms with Crippen molar-refractivity contribution >= 4 is 17.4 Å². The van der Waals surface area contributed by atoms with E-state index in [0.717, 1.165) is 5.75 Å². The molecule has 88 valence electrons. The van der Waals surface area contributed by atoms with Gasteiger partial charge in [-0.2, -0.15) is 0 Å². The summed E-state index contributed by atoms with van der Waals surface area (Å²) in [6.07, 6.45) is 0. The van der Waals surface area contributed by atoms with Gasteiger partial charge in [0.1, 0.15) is 5.69 Å². The predicted octanol–water partition coefficient (Wildman–Crippen LogP) is 1.53. The van der Waals surface area contributed by atoms with Crippen molar-refractivity contribution < 1.29 is 0 Å². The summed E-state index contributed by atoms with van der Waals surface area (Å²) in [5.74, 6) is 0.843. The van der Waals surface area contributed by atoms with Crippen LogP contribution < -0.4 is 11.3 Å². The van der Waals surface area contributed by atoms with Crippen molar-refractivity contribution in [3.05, 3.63) is 34.6 Å². The molecular formula is C11H12N4OS. The van der Waals surface area contributed by atoms with E-state index in [9.17, 15) is 4.79 Å². The lowest BCUT2D eigenvalue weighted by molar-refractivity contribution is 0.821. The molecule has 1 heterocycles. The molecule has 0 aliphatic rings. The van der Waals surface area contributed by atoms with Crippen molar-refractivity contribution in [2.45, 2.75) is 12.1 Å². The van der Waals surface area contributed by atoms with Crippen LogP contribution in [0.25, 0.3) is 11.3 Å². The quantitative estimate of drug-likeness (QED) is 0.635. The molecule has 0 amide bonds.